The third kappa shape index (κ3) is 4.09. The summed E-state index contributed by atoms with van der Waals surface area (Å²) in [6, 6.07) is 4.67. The van der Waals surface area contributed by atoms with Gasteiger partial charge in [0.1, 0.15) is 0 Å². The molecule has 1 N–H and O–H groups in total. The van der Waals surface area contributed by atoms with Crippen LogP contribution in [-0.2, 0) is 4.79 Å². The molecule has 0 unspecified atom stereocenters. The zero-order chi connectivity index (χ0) is 14.4. The molecule has 6 heteroatoms. The Balaban J connectivity index is 3.18. The fourth-order valence-corrected chi connectivity index (χ4v) is 1.70. The molecule has 0 fully saturated rings. The van der Waals surface area contributed by atoms with Gasteiger partial charge < -0.3 is 10.0 Å². The molecule has 0 radical (unpaired) electrons. The SMILES string of the molecule is CCCN(C)c1ccc([N+](=O)[O-])c(/C=C/C(=O)O)c1. The van der Waals surface area contributed by atoms with Crippen LogP contribution in [0.2, 0.25) is 0 Å². The van der Waals surface area contributed by atoms with Gasteiger partial charge in [-0.05, 0) is 24.6 Å². The van der Waals surface area contributed by atoms with Gasteiger partial charge in [0.2, 0.25) is 0 Å². The average molecular weight is 264 g/mol. The minimum Gasteiger partial charge on any atom is -0.478 e. The fraction of sp³-hybridized carbons (Fsp3) is 0.308. The monoisotopic (exact) mass is 264 g/mol. The van der Waals surface area contributed by atoms with E-state index in [1.165, 1.54) is 12.1 Å². The lowest BCUT2D eigenvalue weighted by Gasteiger charge is -2.18. The molecule has 0 amide bonds. The molecule has 102 valence electrons. The van der Waals surface area contributed by atoms with Crippen molar-refractivity contribution in [2.75, 3.05) is 18.5 Å². The first-order valence-corrected chi connectivity index (χ1v) is 5.86. The van der Waals surface area contributed by atoms with Crippen LogP contribution in [0.25, 0.3) is 6.08 Å². The summed E-state index contributed by atoms with van der Waals surface area (Å²) >= 11 is 0. The lowest BCUT2D eigenvalue weighted by molar-refractivity contribution is -0.385. The molecular weight excluding hydrogens is 248 g/mol. The highest BCUT2D eigenvalue weighted by molar-refractivity contribution is 5.86. The normalized spacial score (nSPS) is 10.6. The summed E-state index contributed by atoms with van der Waals surface area (Å²) in [5.41, 5.74) is 0.997. The van der Waals surface area contributed by atoms with Crippen LogP contribution in [0.5, 0.6) is 0 Å². The number of carboxylic acids is 1. The standard InChI is InChI=1S/C13H16N2O4/c1-3-8-14(2)11-5-6-12(15(18)19)10(9-11)4-7-13(16)17/h4-7,9H,3,8H2,1-2H3,(H,16,17)/b7-4+. The third-order valence-corrected chi connectivity index (χ3v) is 2.61. The van der Waals surface area contributed by atoms with Crippen LogP contribution in [0, 0.1) is 10.1 Å². The summed E-state index contributed by atoms with van der Waals surface area (Å²) in [5, 5.41) is 19.5. The molecule has 0 aliphatic carbocycles. The number of hydrogen-bond donors (Lipinski definition) is 1. The van der Waals surface area contributed by atoms with E-state index in [2.05, 4.69) is 0 Å². The molecule has 0 heterocycles. The van der Waals surface area contributed by atoms with Crippen molar-refractivity contribution in [2.45, 2.75) is 13.3 Å². The highest BCUT2D eigenvalue weighted by atomic mass is 16.6. The Bertz CT molecular complexity index is 511. The number of nitro benzene ring substituents is 1. The largest absolute Gasteiger partial charge is 0.478 e. The number of benzene rings is 1. The predicted molar refractivity (Wildman–Crippen MR) is 73.3 cm³/mol. The van der Waals surface area contributed by atoms with Crippen molar-refractivity contribution >= 4 is 23.4 Å². The number of hydrogen-bond acceptors (Lipinski definition) is 4. The molecule has 0 spiro atoms. The van der Waals surface area contributed by atoms with Crippen molar-refractivity contribution in [3.05, 3.63) is 40.0 Å². The highest BCUT2D eigenvalue weighted by Gasteiger charge is 2.13. The molecule has 1 aromatic carbocycles. The van der Waals surface area contributed by atoms with E-state index in [9.17, 15) is 14.9 Å². The summed E-state index contributed by atoms with van der Waals surface area (Å²) in [5.74, 6) is -1.14. The van der Waals surface area contributed by atoms with E-state index < -0.39 is 10.9 Å². The molecule has 0 aliphatic heterocycles. The smallest absolute Gasteiger partial charge is 0.328 e. The second-order valence-corrected chi connectivity index (χ2v) is 4.09. The Morgan fingerprint density at radius 1 is 1.53 bits per heavy atom. The lowest BCUT2D eigenvalue weighted by atomic mass is 10.1. The maximum Gasteiger partial charge on any atom is 0.328 e. The quantitative estimate of drug-likeness (QED) is 0.485. The molecule has 1 rings (SSSR count). The number of nitro groups is 1. The second kappa shape index (κ2) is 6.53. The Kier molecular flexibility index (Phi) is 5.05. The summed E-state index contributed by atoms with van der Waals surface area (Å²) < 4.78 is 0. The van der Waals surface area contributed by atoms with Gasteiger partial charge in [0.25, 0.3) is 5.69 Å². The van der Waals surface area contributed by atoms with Crippen LogP contribution < -0.4 is 4.90 Å². The number of anilines is 1. The first-order chi connectivity index (χ1) is 8.95. The van der Waals surface area contributed by atoms with Crippen molar-refractivity contribution < 1.29 is 14.8 Å². The highest BCUT2D eigenvalue weighted by Crippen LogP contribution is 2.25. The van der Waals surface area contributed by atoms with Crippen molar-refractivity contribution in [3.63, 3.8) is 0 Å². The second-order valence-electron chi connectivity index (χ2n) is 4.09. The molecule has 1 aromatic rings. The van der Waals surface area contributed by atoms with E-state index >= 15 is 0 Å². The number of nitrogens with zero attached hydrogens (tertiary/aromatic N) is 2. The van der Waals surface area contributed by atoms with Crippen LogP contribution in [0.15, 0.2) is 24.3 Å². The zero-order valence-corrected chi connectivity index (χ0v) is 10.9. The predicted octanol–water partition coefficient (Wildman–Crippen LogP) is 2.54. The molecule has 0 atom stereocenters. The Labute approximate surface area is 111 Å². The Morgan fingerprint density at radius 2 is 2.21 bits per heavy atom. The fourth-order valence-electron chi connectivity index (χ4n) is 1.70. The van der Waals surface area contributed by atoms with Gasteiger partial charge in [0.05, 0.1) is 10.5 Å². The maximum absolute atomic E-state index is 10.9. The first kappa shape index (κ1) is 14.7. The molecule has 0 aromatic heterocycles. The van der Waals surface area contributed by atoms with Gasteiger partial charge in [-0.3, -0.25) is 10.1 Å². The van der Waals surface area contributed by atoms with Crippen molar-refractivity contribution in [1.29, 1.82) is 0 Å². The summed E-state index contributed by atoms with van der Waals surface area (Å²) in [6.45, 7) is 2.85. The van der Waals surface area contributed by atoms with Crippen molar-refractivity contribution in [3.8, 4) is 0 Å². The molecule has 0 saturated heterocycles. The first-order valence-electron chi connectivity index (χ1n) is 5.86. The van der Waals surface area contributed by atoms with Gasteiger partial charge in [-0.2, -0.15) is 0 Å². The van der Waals surface area contributed by atoms with Crippen LogP contribution in [-0.4, -0.2) is 29.6 Å². The third-order valence-electron chi connectivity index (χ3n) is 2.61. The van der Waals surface area contributed by atoms with Gasteiger partial charge >= 0.3 is 5.97 Å². The lowest BCUT2D eigenvalue weighted by Crippen LogP contribution is -2.17. The van der Waals surface area contributed by atoms with E-state index in [1.54, 1.807) is 12.1 Å². The number of aliphatic carboxylic acids is 1. The van der Waals surface area contributed by atoms with E-state index in [-0.39, 0.29) is 11.3 Å². The minimum atomic E-state index is -1.14. The van der Waals surface area contributed by atoms with Gasteiger partial charge in [-0.1, -0.05) is 6.92 Å². The maximum atomic E-state index is 10.9. The summed E-state index contributed by atoms with van der Waals surface area (Å²) in [4.78, 5) is 22.8. The molecule has 0 saturated carbocycles. The van der Waals surface area contributed by atoms with Crippen LogP contribution in [0.1, 0.15) is 18.9 Å². The van der Waals surface area contributed by atoms with Gasteiger partial charge in [0, 0.05) is 31.4 Å². The van der Waals surface area contributed by atoms with Crippen LogP contribution in [0.4, 0.5) is 11.4 Å². The van der Waals surface area contributed by atoms with Gasteiger partial charge in [0.15, 0.2) is 0 Å². The summed E-state index contributed by atoms with van der Waals surface area (Å²) in [6.07, 6.45) is 3.09. The summed E-state index contributed by atoms with van der Waals surface area (Å²) in [7, 11) is 1.88. The van der Waals surface area contributed by atoms with Crippen LogP contribution in [0.3, 0.4) is 0 Å². The van der Waals surface area contributed by atoms with E-state index in [0.29, 0.717) is 0 Å². The topological polar surface area (TPSA) is 83.7 Å². The molecule has 0 bridgehead atoms. The Morgan fingerprint density at radius 3 is 2.74 bits per heavy atom. The van der Waals surface area contributed by atoms with Crippen molar-refractivity contribution in [1.82, 2.24) is 0 Å². The van der Waals surface area contributed by atoms with Crippen LogP contribution >= 0.6 is 0 Å². The Hall–Kier alpha value is -2.37. The number of rotatable bonds is 6. The van der Waals surface area contributed by atoms with Crippen molar-refractivity contribution in [2.24, 2.45) is 0 Å². The van der Waals surface area contributed by atoms with E-state index in [4.69, 9.17) is 5.11 Å². The molecule has 0 aliphatic rings. The molecular formula is C13H16N2O4. The van der Waals surface area contributed by atoms with Gasteiger partial charge in [-0.25, -0.2) is 4.79 Å². The minimum absolute atomic E-state index is 0.105. The van der Waals surface area contributed by atoms with Gasteiger partial charge in [-0.15, -0.1) is 0 Å². The van der Waals surface area contributed by atoms with E-state index in [1.807, 2.05) is 18.9 Å². The van der Waals surface area contributed by atoms with E-state index in [0.717, 1.165) is 24.7 Å². The molecule has 6 nitrogen and oxygen atoms in total. The molecule has 19 heavy (non-hydrogen) atoms. The average Bonchev–Trinajstić information content (AvgIpc) is 2.36. The zero-order valence-electron chi connectivity index (χ0n) is 10.9. The number of carbonyl (C=O) groups is 1. The number of carboxylic acid groups (broad SMARTS) is 1.